The lowest BCUT2D eigenvalue weighted by Gasteiger charge is -2.33. The van der Waals surface area contributed by atoms with Crippen LogP contribution in [0.3, 0.4) is 0 Å². The van der Waals surface area contributed by atoms with Gasteiger partial charge < -0.3 is 5.11 Å². The normalized spacial score (nSPS) is 12.8. The number of benzene rings is 3. The van der Waals surface area contributed by atoms with Gasteiger partial charge in [-0.1, -0.05) is 41.6 Å². The lowest BCUT2D eigenvalue weighted by molar-refractivity contribution is -0.0175. The third-order valence-corrected chi connectivity index (χ3v) is 5.77. The summed E-state index contributed by atoms with van der Waals surface area (Å²) in [6.07, 6.45) is 2.74. The molecule has 1 aromatic heterocycles. The van der Waals surface area contributed by atoms with Gasteiger partial charge in [-0.25, -0.2) is 22.8 Å². The molecule has 1 atom stereocenters. The Hall–Kier alpha value is -3.64. The maximum atomic E-state index is 14.6. The molecule has 0 aliphatic rings. The van der Waals surface area contributed by atoms with Crippen LogP contribution in [0.5, 0.6) is 0 Å². The molecule has 0 amide bonds. The Morgan fingerprint density at radius 2 is 1.78 bits per heavy atom. The van der Waals surface area contributed by atoms with Crippen LogP contribution in [0.25, 0.3) is 0 Å². The molecule has 9 heteroatoms. The lowest BCUT2D eigenvalue weighted by Crippen LogP contribution is -2.43. The van der Waals surface area contributed by atoms with E-state index in [0.29, 0.717) is 17.1 Å². The van der Waals surface area contributed by atoms with Crippen molar-refractivity contribution in [1.29, 1.82) is 0 Å². The molecule has 0 saturated carbocycles. The van der Waals surface area contributed by atoms with Gasteiger partial charge in [-0.15, -0.1) is 0 Å². The zero-order valence-corrected chi connectivity index (χ0v) is 20.1. The van der Waals surface area contributed by atoms with Crippen molar-refractivity contribution in [3.05, 3.63) is 118 Å². The first-order valence-electron chi connectivity index (χ1n) is 11.0. The minimum Gasteiger partial charge on any atom is -0.382 e. The summed E-state index contributed by atoms with van der Waals surface area (Å²) in [5.41, 5.74) is 0.137. The fourth-order valence-corrected chi connectivity index (χ4v) is 4.07. The Bertz CT molecular complexity index is 1400. The van der Waals surface area contributed by atoms with Crippen LogP contribution < -0.4 is 0 Å². The second kappa shape index (κ2) is 11.0. The second-order valence-electron chi connectivity index (χ2n) is 8.49. The van der Waals surface area contributed by atoms with Gasteiger partial charge in [0.15, 0.2) is 0 Å². The summed E-state index contributed by atoms with van der Waals surface area (Å²) in [4.78, 5) is 5.69. The van der Waals surface area contributed by atoms with Gasteiger partial charge in [0.2, 0.25) is 0 Å². The Balaban J connectivity index is 1.48. The predicted molar refractivity (Wildman–Crippen MR) is 130 cm³/mol. The molecule has 0 spiro atoms. The van der Waals surface area contributed by atoms with Crippen molar-refractivity contribution in [2.24, 2.45) is 0 Å². The van der Waals surface area contributed by atoms with Crippen LogP contribution in [-0.2, 0) is 18.7 Å². The van der Waals surface area contributed by atoms with Crippen LogP contribution in [0.1, 0.15) is 22.3 Å². The van der Waals surface area contributed by atoms with E-state index < -0.39 is 23.1 Å². The summed E-state index contributed by atoms with van der Waals surface area (Å²) >= 11 is 5.77. The van der Waals surface area contributed by atoms with Crippen molar-refractivity contribution in [2.75, 3.05) is 13.6 Å². The Morgan fingerprint density at radius 3 is 2.44 bits per heavy atom. The van der Waals surface area contributed by atoms with Crippen LogP contribution >= 0.6 is 11.6 Å². The predicted octanol–water partition coefficient (Wildman–Crippen LogP) is 4.77. The van der Waals surface area contributed by atoms with Crippen molar-refractivity contribution in [1.82, 2.24) is 19.7 Å². The zero-order chi connectivity index (χ0) is 25.7. The van der Waals surface area contributed by atoms with Crippen molar-refractivity contribution < 1.29 is 18.3 Å². The van der Waals surface area contributed by atoms with Gasteiger partial charge in [0.25, 0.3) is 0 Å². The van der Waals surface area contributed by atoms with Crippen LogP contribution in [0.4, 0.5) is 13.2 Å². The molecule has 36 heavy (non-hydrogen) atoms. The largest absolute Gasteiger partial charge is 0.382 e. The summed E-state index contributed by atoms with van der Waals surface area (Å²) in [5, 5.41) is 15.8. The molecule has 4 aromatic rings. The number of hydrogen-bond acceptors (Lipinski definition) is 4. The molecule has 184 valence electrons. The third-order valence-electron chi connectivity index (χ3n) is 5.53. The van der Waals surface area contributed by atoms with E-state index in [9.17, 15) is 18.3 Å². The van der Waals surface area contributed by atoms with Gasteiger partial charge in [-0.2, -0.15) is 5.10 Å². The maximum Gasteiger partial charge on any atom is 0.140 e. The number of aromatic nitrogens is 3. The highest BCUT2D eigenvalue weighted by Crippen LogP contribution is 2.28. The van der Waals surface area contributed by atoms with E-state index in [1.54, 1.807) is 13.1 Å². The van der Waals surface area contributed by atoms with Crippen molar-refractivity contribution in [3.63, 3.8) is 0 Å². The van der Waals surface area contributed by atoms with E-state index in [1.807, 2.05) is 29.2 Å². The van der Waals surface area contributed by atoms with Crippen molar-refractivity contribution in [2.45, 2.75) is 18.7 Å². The quantitative estimate of drug-likeness (QED) is 0.364. The molecule has 0 aliphatic carbocycles. The average molecular weight is 511 g/mol. The molecular weight excluding hydrogens is 489 g/mol. The first kappa shape index (κ1) is 25.5. The molecular formula is C27H22ClF3N4O. The van der Waals surface area contributed by atoms with Gasteiger partial charge in [-0.3, -0.25) is 4.90 Å². The Kier molecular flexibility index (Phi) is 7.75. The fourth-order valence-electron chi connectivity index (χ4n) is 3.91. The molecule has 1 N–H and O–H groups in total. The Labute approximate surface area is 211 Å². The summed E-state index contributed by atoms with van der Waals surface area (Å²) in [6, 6.07) is 14.8. The first-order chi connectivity index (χ1) is 17.2. The number of halogens is 4. The van der Waals surface area contributed by atoms with E-state index in [4.69, 9.17) is 11.6 Å². The van der Waals surface area contributed by atoms with Crippen molar-refractivity contribution >= 4 is 11.6 Å². The lowest BCUT2D eigenvalue weighted by atomic mass is 9.92. The highest BCUT2D eigenvalue weighted by atomic mass is 35.5. The van der Waals surface area contributed by atoms with Crippen LogP contribution in [-0.4, -0.2) is 38.4 Å². The Morgan fingerprint density at radius 1 is 1.00 bits per heavy atom. The molecule has 1 unspecified atom stereocenters. The molecule has 0 saturated heterocycles. The summed E-state index contributed by atoms with van der Waals surface area (Å²) in [6.45, 7) is 0.393. The summed E-state index contributed by atoms with van der Waals surface area (Å²) in [5.74, 6) is 3.66. The van der Waals surface area contributed by atoms with E-state index in [1.165, 1.54) is 35.5 Å². The topological polar surface area (TPSA) is 54.2 Å². The summed E-state index contributed by atoms with van der Waals surface area (Å²) in [7, 11) is 1.78. The van der Waals surface area contributed by atoms with E-state index in [-0.39, 0.29) is 24.2 Å². The zero-order valence-electron chi connectivity index (χ0n) is 19.3. The molecule has 3 aromatic carbocycles. The number of nitrogens with zero attached hydrogens (tertiary/aromatic N) is 4. The smallest absolute Gasteiger partial charge is 0.140 e. The molecule has 0 bridgehead atoms. The highest BCUT2D eigenvalue weighted by Gasteiger charge is 2.34. The summed E-state index contributed by atoms with van der Waals surface area (Å²) < 4.78 is 43.4. The van der Waals surface area contributed by atoms with Gasteiger partial charge in [0, 0.05) is 35.3 Å². The number of hydrogen-bond donors (Lipinski definition) is 1. The number of likely N-dealkylation sites (N-methyl/N-ethyl adjacent to an activating group) is 1. The molecule has 1 heterocycles. The van der Waals surface area contributed by atoms with Gasteiger partial charge in [0.1, 0.15) is 35.7 Å². The van der Waals surface area contributed by atoms with E-state index in [2.05, 4.69) is 21.9 Å². The molecule has 5 nitrogen and oxygen atoms in total. The third kappa shape index (κ3) is 6.32. The second-order valence-corrected chi connectivity index (χ2v) is 8.93. The minimum atomic E-state index is -1.70. The molecule has 4 rings (SSSR count). The molecule has 0 fully saturated rings. The van der Waals surface area contributed by atoms with E-state index >= 15 is 0 Å². The van der Waals surface area contributed by atoms with E-state index in [0.717, 1.165) is 17.7 Å². The first-order valence-corrected chi connectivity index (χ1v) is 11.3. The van der Waals surface area contributed by atoms with Gasteiger partial charge in [-0.05, 0) is 49.0 Å². The van der Waals surface area contributed by atoms with Gasteiger partial charge >= 0.3 is 0 Å². The van der Waals surface area contributed by atoms with Crippen molar-refractivity contribution in [3.8, 4) is 11.8 Å². The van der Waals surface area contributed by atoms with Crippen LogP contribution in [0.15, 0.2) is 73.3 Å². The molecule has 0 aliphatic heterocycles. The highest BCUT2D eigenvalue weighted by molar-refractivity contribution is 6.30. The van der Waals surface area contributed by atoms with Crippen LogP contribution in [0, 0.1) is 29.3 Å². The SMILES string of the molecule is CN(Cc1ccc(C#Cc2ccc(Cl)cc2F)cc1)CC(O)(Cn1cncn1)c1ccc(F)cc1F. The molecule has 0 radical (unpaired) electrons. The number of aliphatic hydroxyl groups is 1. The monoisotopic (exact) mass is 510 g/mol. The maximum absolute atomic E-state index is 14.6. The van der Waals surface area contributed by atoms with Crippen LogP contribution in [0.2, 0.25) is 5.02 Å². The van der Waals surface area contributed by atoms with Gasteiger partial charge in [0.05, 0.1) is 12.1 Å². The standard InChI is InChI=1S/C27H22ClF3N4O/c1-34(14-20-4-2-19(3-5-20)6-7-21-8-9-22(28)12-25(21)30)15-27(36,16-35-18-32-17-33-35)24-11-10-23(29)13-26(24)31/h2-5,8-13,17-18,36H,14-16H2,1H3. The number of rotatable bonds is 7. The fraction of sp³-hybridized carbons (Fsp3) is 0.185. The minimum absolute atomic E-state index is 0.0345. The average Bonchev–Trinajstić information content (AvgIpc) is 3.32.